The second kappa shape index (κ2) is 6.69. The van der Waals surface area contributed by atoms with Gasteiger partial charge in [0.2, 0.25) is 5.90 Å². The molecule has 2 aromatic carbocycles. The minimum Gasteiger partial charge on any atom is -0.363 e. The second-order valence-electron chi connectivity index (χ2n) is 4.73. The number of nitrogens with one attached hydrogen (secondary N) is 1. The van der Waals surface area contributed by atoms with E-state index in [4.69, 9.17) is 32.8 Å². The Hall–Kier alpha value is -1.56. The molecule has 4 nitrogen and oxygen atoms in total. The van der Waals surface area contributed by atoms with Gasteiger partial charge in [0.15, 0.2) is 0 Å². The van der Waals surface area contributed by atoms with Crippen molar-refractivity contribution in [2.75, 3.05) is 0 Å². The molecule has 22 heavy (non-hydrogen) atoms. The van der Waals surface area contributed by atoms with Crippen LogP contribution in [0.1, 0.15) is 11.1 Å². The largest absolute Gasteiger partial charge is 0.363 e. The maximum absolute atomic E-state index is 12.1. The number of hydrogen-bond acceptors (Lipinski definition) is 4. The fraction of sp³-hybridized carbons (Fsp3) is 0.133. The number of rotatable bonds is 4. The lowest BCUT2D eigenvalue weighted by Gasteiger charge is -2.09. The molecule has 0 spiro atoms. The summed E-state index contributed by atoms with van der Waals surface area (Å²) in [7, 11) is -4.01. The van der Waals surface area contributed by atoms with Crippen molar-refractivity contribution >= 4 is 39.2 Å². The smallest absolute Gasteiger partial charge is 0.340 e. The van der Waals surface area contributed by atoms with Crippen molar-refractivity contribution < 1.29 is 12.6 Å². The summed E-state index contributed by atoms with van der Waals surface area (Å²) in [5.74, 6) is -0.404. The third-order valence-electron chi connectivity index (χ3n) is 2.81. The molecule has 0 heterocycles. The highest BCUT2D eigenvalue weighted by Crippen LogP contribution is 2.20. The average Bonchev–Trinajstić information content (AvgIpc) is 2.36. The Labute approximate surface area is 139 Å². The predicted molar refractivity (Wildman–Crippen MR) is 87.3 cm³/mol. The lowest BCUT2D eigenvalue weighted by Crippen LogP contribution is -2.14. The summed E-state index contributed by atoms with van der Waals surface area (Å²) in [5.41, 5.74) is 1.53. The van der Waals surface area contributed by atoms with Crippen molar-refractivity contribution in [2.45, 2.75) is 18.2 Å². The summed E-state index contributed by atoms with van der Waals surface area (Å²) in [5, 5.41) is 8.55. The molecule has 2 aromatic rings. The van der Waals surface area contributed by atoms with Crippen LogP contribution in [0.4, 0.5) is 0 Å². The van der Waals surface area contributed by atoms with Gasteiger partial charge >= 0.3 is 10.1 Å². The normalized spacial score (nSPS) is 11.2. The van der Waals surface area contributed by atoms with Crippen LogP contribution in [-0.4, -0.2) is 14.3 Å². The van der Waals surface area contributed by atoms with Crippen LogP contribution in [0.15, 0.2) is 47.4 Å². The summed E-state index contributed by atoms with van der Waals surface area (Å²) in [6.07, 6.45) is -0.0224. The molecule has 0 aromatic heterocycles. The molecule has 0 radical (unpaired) electrons. The zero-order valence-electron chi connectivity index (χ0n) is 11.6. The fourth-order valence-corrected chi connectivity index (χ4v) is 3.27. The van der Waals surface area contributed by atoms with Gasteiger partial charge in [0, 0.05) is 16.5 Å². The van der Waals surface area contributed by atoms with E-state index in [1.165, 1.54) is 12.1 Å². The number of halogens is 2. The maximum atomic E-state index is 12.1. The van der Waals surface area contributed by atoms with Crippen molar-refractivity contribution in [3.05, 3.63) is 63.6 Å². The molecule has 0 aliphatic heterocycles. The molecule has 116 valence electrons. The maximum Gasteiger partial charge on any atom is 0.340 e. The van der Waals surface area contributed by atoms with E-state index in [2.05, 4.69) is 0 Å². The van der Waals surface area contributed by atoms with Crippen LogP contribution in [-0.2, 0) is 20.7 Å². The van der Waals surface area contributed by atoms with E-state index >= 15 is 0 Å². The molecule has 0 bridgehead atoms. The summed E-state index contributed by atoms with van der Waals surface area (Å²) in [6, 6.07) is 11.0. The molecule has 0 unspecified atom stereocenters. The van der Waals surface area contributed by atoms with Gasteiger partial charge in [-0.3, -0.25) is 5.41 Å². The standard InChI is InChI=1S/C15H13Cl2NO3S/c1-10-2-4-14(5-3-10)22(19,20)21-15(18)8-11-6-12(16)9-13(17)7-11/h2-7,9,18H,8H2,1H3. The minimum atomic E-state index is -4.01. The topological polar surface area (TPSA) is 67.2 Å². The molecule has 0 saturated heterocycles. The second-order valence-corrected chi connectivity index (χ2v) is 7.15. The molecule has 0 saturated carbocycles. The van der Waals surface area contributed by atoms with Gasteiger partial charge < -0.3 is 4.18 Å². The van der Waals surface area contributed by atoms with E-state index < -0.39 is 16.0 Å². The monoisotopic (exact) mass is 357 g/mol. The van der Waals surface area contributed by atoms with Gasteiger partial charge in [0.1, 0.15) is 4.90 Å². The van der Waals surface area contributed by atoms with Crippen molar-refractivity contribution in [1.29, 1.82) is 5.41 Å². The highest BCUT2D eigenvalue weighted by atomic mass is 35.5. The molecule has 0 aliphatic carbocycles. The first kappa shape index (κ1) is 16.8. The Morgan fingerprint density at radius 1 is 1.09 bits per heavy atom. The molecular weight excluding hydrogens is 345 g/mol. The number of aryl methyl sites for hydroxylation is 1. The highest BCUT2D eigenvalue weighted by molar-refractivity contribution is 7.87. The highest BCUT2D eigenvalue weighted by Gasteiger charge is 2.18. The first-order chi connectivity index (χ1) is 10.3. The summed E-state index contributed by atoms with van der Waals surface area (Å²) < 4.78 is 28.9. The average molecular weight is 358 g/mol. The van der Waals surface area contributed by atoms with Crippen molar-refractivity contribution in [3.63, 3.8) is 0 Å². The quantitative estimate of drug-likeness (QED) is 0.505. The van der Waals surface area contributed by atoms with E-state index in [9.17, 15) is 8.42 Å². The van der Waals surface area contributed by atoms with Gasteiger partial charge in [-0.2, -0.15) is 8.42 Å². The summed E-state index contributed by atoms with van der Waals surface area (Å²) in [6.45, 7) is 1.85. The Kier molecular flexibility index (Phi) is 5.11. The van der Waals surface area contributed by atoms with Gasteiger partial charge in [-0.15, -0.1) is 0 Å². The molecule has 0 amide bonds. The molecule has 1 N–H and O–H groups in total. The molecule has 0 aliphatic rings. The van der Waals surface area contributed by atoms with Gasteiger partial charge in [-0.05, 0) is 42.8 Å². The van der Waals surface area contributed by atoms with Crippen LogP contribution in [0, 0.1) is 12.3 Å². The van der Waals surface area contributed by atoms with Crippen molar-refractivity contribution in [3.8, 4) is 0 Å². The zero-order chi connectivity index (χ0) is 16.3. The summed E-state index contributed by atoms with van der Waals surface area (Å²) >= 11 is 11.7. The Morgan fingerprint density at radius 3 is 2.18 bits per heavy atom. The lowest BCUT2D eigenvalue weighted by molar-refractivity contribution is 0.474. The van der Waals surface area contributed by atoms with E-state index in [-0.39, 0.29) is 11.3 Å². The minimum absolute atomic E-state index is 0.00646. The van der Waals surface area contributed by atoms with E-state index in [1.54, 1.807) is 30.3 Å². The van der Waals surface area contributed by atoms with Crippen LogP contribution in [0.3, 0.4) is 0 Å². The Bertz CT molecular complexity index is 782. The van der Waals surface area contributed by atoms with Gasteiger partial charge in [0.05, 0.1) is 0 Å². The molecule has 7 heteroatoms. The molecule has 0 atom stereocenters. The first-order valence-electron chi connectivity index (χ1n) is 6.30. The Morgan fingerprint density at radius 2 is 1.64 bits per heavy atom. The SMILES string of the molecule is Cc1ccc(S(=O)(=O)OC(=N)Cc2cc(Cl)cc(Cl)c2)cc1. The Balaban J connectivity index is 2.12. The van der Waals surface area contributed by atoms with Crippen LogP contribution in [0.2, 0.25) is 10.0 Å². The summed E-state index contributed by atoms with van der Waals surface area (Å²) in [4.78, 5) is 0.00646. The van der Waals surface area contributed by atoms with E-state index in [1.807, 2.05) is 6.92 Å². The third-order valence-corrected chi connectivity index (χ3v) is 4.51. The van der Waals surface area contributed by atoms with Crippen molar-refractivity contribution in [1.82, 2.24) is 0 Å². The van der Waals surface area contributed by atoms with Crippen LogP contribution >= 0.6 is 23.2 Å². The number of hydrogen-bond donors (Lipinski definition) is 1. The fourth-order valence-electron chi connectivity index (χ4n) is 1.81. The van der Waals surface area contributed by atoms with E-state index in [0.717, 1.165) is 5.56 Å². The van der Waals surface area contributed by atoms with E-state index in [0.29, 0.717) is 15.6 Å². The predicted octanol–water partition coefficient (Wildman–Crippen LogP) is 4.23. The van der Waals surface area contributed by atoms with Crippen LogP contribution in [0.5, 0.6) is 0 Å². The molecule has 2 rings (SSSR count). The van der Waals surface area contributed by atoms with Crippen LogP contribution in [0.25, 0.3) is 0 Å². The van der Waals surface area contributed by atoms with Crippen molar-refractivity contribution in [2.24, 2.45) is 0 Å². The molecular formula is C15H13Cl2NO3S. The third kappa shape index (κ3) is 4.47. The number of benzene rings is 2. The van der Waals surface area contributed by atoms with Gasteiger partial charge in [-0.25, -0.2) is 0 Å². The zero-order valence-corrected chi connectivity index (χ0v) is 14.0. The van der Waals surface area contributed by atoms with Gasteiger partial charge in [0.25, 0.3) is 0 Å². The lowest BCUT2D eigenvalue weighted by atomic mass is 10.1. The molecule has 0 fully saturated rings. The van der Waals surface area contributed by atoms with Gasteiger partial charge in [-0.1, -0.05) is 40.9 Å². The van der Waals surface area contributed by atoms with Crippen LogP contribution < -0.4 is 0 Å². The first-order valence-corrected chi connectivity index (χ1v) is 8.46.